The van der Waals surface area contributed by atoms with Gasteiger partial charge in [-0.2, -0.15) is 4.98 Å². The third-order valence-electron chi connectivity index (χ3n) is 4.87. The minimum Gasteiger partial charge on any atom is -0.357 e. The number of likely N-dealkylation sites (tertiary alicyclic amines) is 1. The van der Waals surface area contributed by atoms with Crippen LogP contribution in [0.15, 0.2) is 33.8 Å². The average molecular weight is 533 g/mol. The number of hydrogen-bond donors (Lipinski definition) is 2. The lowest BCUT2D eigenvalue weighted by atomic mass is 10.0. The van der Waals surface area contributed by atoms with E-state index in [0.717, 1.165) is 44.0 Å². The summed E-state index contributed by atoms with van der Waals surface area (Å²) in [6.45, 7) is 9.91. The number of benzene rings is 1. The van der Waals surface area contributed by atoms with Crippen molar-refractivity contribution in [1.82, 2.24) is 25.7 Å². The van der Waals surface area contributed by atoms with Crippen LogP contribution in [0, 0.1) is 0 Å². The molecular formula is C20H30ClIN6O. The van der Waals surface area contributed by atoms with E-state index < -0.39 is 0 Å². The van der Waals surface area contributed by atoms with Gasteiger partial charge in [-0.3, -0.25) is 0 Å². The number of piperidine rings is 1. The van der Waals surface area contributed by atoms with E-state index in [1.54, 1.807) is 0 Å². The lowest BCUT2D eigenvalue weighted by Crippen LogP contribution is -2.49. The lowest BCUT2D eigenvalue weighted by molar-refractivity contribution is 0.167. The normalized spacial score (nSPS) is 16.0. The molecule has 29 heavy (non-hydrogen) atoms. The highest BCUT2D eigenvalue weighted by molar-refractivity contribution is 14.0. The lowest BCUT2D eigenvalue weighted by Gasteiger charge is -2.35. The predicted octanol–water partition coefficient (Wildman–Crippen LogP) is 3.94. The quantitative estimate of drug-likeness (QED) is 0.333. The van der Waals surface area contributed by atoms with E-state index in [4.69, 9.17) is 16.1 Å². The second kappa shape index (κ2) is 11.7. The van der Waals surface area contributed by atoms with Crippen LogP contribution >= 0.6 is 35.6 Å². The molecule has 0 saturated carbocycles. The van der Waals surface area contributed by atoms with Crippen molar-refractivity contribution >= 4 is 41.5 Å². The molecule has 2 aromatic rings. The summed E-state index contributed by atoms with van der Waals surface area (Å²) < 4.78 is 5.34. The maximum atomic E-state index is 6.03. The Kier molecular flexibility index (Phi) is 9.64. The molecular weight excluding hydrogens is 503 g/mol. The maximum absolute atomic E-state index is 6.03. The van der Waals surface area contributed by atoms with E-state index in [1.165, 1.54) is 0 Å². The minimum absolute atomic E-state index is 0. The summed E-state index contributed by atoms with van der Waals surface area (Å²) in [6, 6.07) is 8.43. The van der Waals surface area contributed by atoms with Gasteiger partial charge in [-0.15, -0.1) is 24.0 Å². The monoisotopic (exact) mass is 532 g/mol. The van der Waals surface area contributed by atoms with Gasteiger partial charge >= 0.3 is 0 Å². The van der Waals surface area contributed by atoms with Crippen LogP contribution < -0.4 is 10.6 Å². The molecule has 0 spiro atoms. The first-order valence-electron chi connectivity index (χ1n) is 9.92. The zero-order valence-electron chi connectivity index (χ0n) is 17.2. The number of nitrogens with one attached hydrogen (secondary N) is 2. The van der Waals surface area contributed by atoms with Crippen molar-refractivity contribution in [1.29, 1.82) is 0 Å². The zero-order chi connectivity index (χ0) is 19.9. The van der Waals surface area contributed by atoms with Crippen molar-refractivity contribution in [3.05, 3.63) is 35.2 Å². The SMILES string of the molecule is CCNC(=NCc1nc(-c2cccc(Cl)c2)no1)NC1CCN(C(C)C)CC1.I. The summed E-state index contributed by atoms with van der Waals surface area (Å²) in [7, 11) is 0. The van der Waals surface area contributed by atoms with Crippen LogP contribution in [0.2, 0.25) is 5.02 Å². The van der Waals surface area contributed by atoms with Crippen molar-refractivity contribution in [2.24, 2.45) is 4.99 Å². The first-order valence-corrected chi connectivity index (χ1v) is 10.3. The van der Waals surface area contributed by atoms with Crippen LogP contribution in [-0.2, 0) is 6.54 Å². The van der Waals surface area contributed by atoms with Crippen LogP contribution in [0.5, 0.6) is 0 Å². The van der Waals surface area contributed by atoms with Crippen LogP contribution in [0.3, 0.4) is 0 Å². The van der Waals surface area contributed by atoms with Gasteiger partial charge in [0.2, 0.25) is 11.7 Å². The van der Waals surface area contributed by atoms with Gasteiger partial charge < -0.3 is 20.1 Å². The Morgan fingerprint density at radius 2 is 2.10 bits per heavy atom. The summed E-state index contributed by atoms with van der Waals surface area (Å²) in [5.41, 5.74) is 0.827. The maximum Gasteiger partial charge on any atom is 0.248 e. The largest absolute Gasteiger partial charge is 0.357 e. The molecule has 0 atom stereocenters. The number of hydrogen-bond acceptors (Lipinski definition) is 5. The number of aliphatic imine (C=N–C) groups is 1. The first kappa shape index (κ1) is 23.9. The summed E-state index contributed by atoms with van der Waals surface area (Å²) in [5, 5.41) is 11.5. The highest BCUT2D eigenvalue weighted by atomic mass is 127. The minimum atomic E-state index is 0. The Hall–Kier alpha value is -1.39. The molecule has 160 valence electrons. The molecule has 0 bridgehead atoms. The standard InChI is InChI=1S/C20H29ClN6O.HI/c1-4-22-20(24-17-8-10-27(11-9-17)14(2)3)23-13-18-25-19(26-28-18)15-6-5-7-16(21)12-15;/h5-7,12,14,17H,4,8-11,13H2,1-3H3,(H2,22,23,24);1H. The molecule has 1 aromatic carbocycles. The second-order valence-electron chi connectivity index (χ2n) is 7.27. The van der Waals surface area contributed by atoms with Gasteiger partial charge in [0.1, 0.15) is 6.54 Å². The first-order chi connectivity index (χ1) is 13.5. The summed E-state index contributed by atoms with van der Waals surface area (Å²) in [4.78, 5) is 11.6. The zero-order valence-corrected chi connectivity index (χ0v) is 20.3. The van der Waals surface area contributed by atoms with Crippen LogP contribution in [0.25, 0.3) is 11.4 Å². The molecule has 9 heteroatoms. The molecule has 0 amide bonds. The summed E-state index contributed by atoms with van der Waals surface area (Å²) in [6.07, 6.45) is 2.23. The van der Waals surface area contributed by atoms with E-state index in [1.807, 2.05) is 24.3 Å². The predicted molar refractivity (Wildman–Crippen MR) is 128 cm³/mol. The number of halogens is 2. The van der Waals surface area contributed by atoms with Crippen molar-refractivity contribution in [3.63, 3.8) is 0 Å². The third kappa shape index (κ3) is 7.11. The molecule has 0 unspecified atom stereocenters. The fraction of sp³-hybridized carbons (Fsp3) is 0.550. The van der Waals surface area contributed by atoms with Crippen LogP contribution in [0.1, 0.15) is 39.5 Å². The molecule has 0 aliphatic carbocycles. The van der Waals surface area contributed by atoms with E-state index in [9.17, 15) is 0 Å². The third-order valence-corrected chi connectivity index (χ3v) is 5.10. The molecule has 1 aliphatic heterocycles. The smallest absolute Gasteiger partial charge is 0.248 e. The van der Waals surface area contributed by atoms with Crippen molar-refractivity contribution < 1.29 is 4.52 Å². The average Bonchev–Trinajstić information content (AvgIpc) is 3.16. The highest BCUT2D eigenvalue weighted by Gasteiger charge is 2.21. The second-order valence-corrected chi connectivity index (χ2v) is 7.70. The molecule has 1 aromatic heterocycles. The molecule has 1 fully saturated rings. The summed E-state index contributed by atoms with van der Waals surface area (Å²) >= 11 is 6.03. The molecule has 7 nitrogen and oxygen atoms in total. The van der Waals surface area contributed by atoms with Crippen LogP contribution in [0.4, 0.5) is 0 Å². The number of nitrogens with zero attached hydrogens (tertiary/aromatic N) is 4. The molecule has 2 N–H and O–H groups in total. The van der Waals surface area contributed by atoms with Crippen molar-refractivity contribution in [3.8, 4) is 11.4 Å². The van der Waals surface area contributed by atoms with Gasteiger partial charge in [-0.1, -0.05) is 28.9 Å². The molecule has 3 rings (SSSR count). The van der Waals surface area contributed by atoms with E-state index in [0.29, 0.717) is 35.4 Å². The van der Waals surface area contributed by atoms with Crippen molar-refractivity contribution in [2.45, 2.75) is 52.2 Å². The molecule has 1 aliphatic rings. The fourth-order valence-corrected chi connectivity index (χ4v) is 3.47. The molecule has 0 radical (unpaired) electrons. The number of guanidine groups is 1. The van der Waals surface area contributed by atoms with Gasteiger partial charge in [-0.05, 0) is 45.7 Å². The van der Waals surface area contributed by atoms with E-state index in [-0.39, 0.29) is 24.0 Å². The van der Waals surface area contributed by atoms with E-state index >= 15 is 0 Å². The fourth-order valence-electron chi connectivity index (χ4n) is 3.28. The number of rotatable bonds is 6. The Balaban J connectivity index is 0.00000300. The van der Waals surface area contributed by atoms with Gasteiger partial charge in [0.15, 0.2) is 5.96 Å². The summed E-state index contributed by atoms with van der Waals surface area (Å²) in [5.74, 6) is 1.78. The molecule has 2 heterocycles. The van der Waals surface area contributed by atoms with Gasteiger partial charge in [0, 0.05) is 42.3 Å². The van der Waals surface area contributed by atoms with Crippen LogP contribution in [-0.4, -0.2) is 52.7 Å². The van der Waals surface area contributed by atoms with Gasteiger partial charge in [0.05, 0.1) is 0 Å². The Morgan fingerprint density at radius 3 is 2.76 bits per heavy atom. The Bertz CT molecular complexity index is 789. The molecule has 1 saturated heterocycles. The van der Waals surface area contributed by atoms with Crippen molar-refractivity contribution in [2.75, 3.05) is 19.6 Å². The van der Waals surface area contributed by atoms with Gasteiger partial charge in [-0.25, -0.2) is 4.99 Å². The Morgan fingerprint density at radius 1 is 1.34 bits per heavy atom. The topological polar surface area (TPSA) is 78.6 Å². The van der Waals surface area contributed by atoms with E-state index in [2.05, 4.69) is 51.4 Å². The Labute approximate surface area is 194 Å². The van der Waals surface area contributed by atoms with Gasteiger partial charge in [0.25, 0.3) is 0 Å². The number of aromatic nitrogens is 2. The highest BCUT2D eigenvalue weighted by Crippen LogP contribution is 2.20.